The average Bonchev–Trinajstić information content (AvgIpc) is 3.52. The van der Waals surface area contributed by atoms with Gasteiger partial charge in [-0.2, -0.15) is 0 Å². The van der Waals surface area contributed by atoms with Crippen molar-refractivity contribution in [3.05, 3.63) is 81.6 Å². The Bertz CT molecular complexity index is 1570. The van der Waals surface area contributed by atoms with E-state index in [1.54, 1.807) is 30.5 Å². The SMILES string of the molecule is O=C(Nc1ccc(-n2ccc3cc(N4CCCC4)ccc3c2=O)cc1)NS(=O)(=O)c1ccc(Cl)s1. The fourth-order valence-corrected chi connectivity index (χ4v) is 6.48. The summed E-state index contributed by atoms with van der Waals surface area (Å²) in [6, 6.07) is 16.2. The Morgan fingerprint density at radius 3 is 2.34 bits per heavy atom. The molecule has 3 heterocycles. The van der Waals surface area contributed by atoms with Gasteiger partial charge < -0.3 is 10.2 Å². The van der Waals surface area contributed by atoms with Crippen LogP contribution in [0.3, 0.4) is 0 Å². The largest absolute Gasteiger partial charge is 0.372 e. The van der Waals surface area contributed by atoms with Gasteiger partial charge in [0.2, 0.25) is 0 Å². The molecule has 1 saturated heterocycles. The van der Waals surface area contributed by atoms with Crippen LogP contribution in [-0.2, 0) is 10.0 Å². The van der Waals surface area contributed by atoms with Crippen molar-refractivity contribution in [2.24, 2.45) is 0 Å². The Morgan fingerprint density at radius 1 is 0.943 bits per heavy atom. The Labute approximate surface area is 210 Å². The van der Waals surface area contributed by atoms with Crippen LogP contribution in [0.1, 0.15) is 12.8 Å². The predicted molar refractivity (Wildman–Crippen MR) is 140 cm³/mol. The van der Waals surface area contributed by atoms with Crippen molar-refractivity contribution >= 4 is 61.1 Å². The predicted octanol–water partition coefficient (Wildman–Crippen LogP) is 4.82. The molecule has 5 rings (SSSR count). The minimum absolute atomic E-state index is 0.0590. The van der Waals surface area contributed by atoms with Crippen LogP contribution in [0, 0.1) is 0 Å². The Kier molecular flexibility index (Phi) is 6.26. The van der Waals surface area contributed by atoms with Crippen LogP contribution in [0.15, 0.2) is 75.9 Å². The van der Waals surface area contributed by atoms with Gasteiger partial charge in [0.25, 0.3) is 15.6 Å². The van der Waals surface area contributed by atoms with Crippen molar-refractivity contribution in [1.82, 2.24) is 9.29 Å². The van der Waals surface area contributed by atoms with Gasteiger partial charge in [0.15, 0.2) is 0 Å². The quantitative estimate of drug-likeness (QED) is 0.387. The molecule has 2 amide bonds. The molecule has 4 aromatic rings. The molecule has 8 nitrogen and oxygen atoms in total. The number of aromatic nitrogens is 1. The van der Waals surface area contributed by atoms with Crippen LogP contribution in [-0.4, -0.2) is 32.1 Å². The van der Waals surface area contributed by atoms with Gasteiger partial charge >= 0.3 is 6.03 Å². The highest BCUT2D eigenvalue weighted by Gasteiger charge is 2.20. The Morgan fingerprint density at radius 2 is 1.66 bits per heavy atom. The number of carbonyl (C=O) groups is 1. The molecule has 1 fully saturated rings. The first-order chi connectivity index (χ1) is 16.8. The highest BCUT2D eigenvalue weighted by Crippen LogP contribution is 2.26. The summed E-state index contributed by atoms with van der Waals surface area (Å²) in [6.07, 6.45) is 4.10. The first kappa shape index (κ1) is 23.4. The van der Waals surface area contributed by atoms with Crippen molar-refractivity contribution in [2.75, 3.05) is 23.3 Å². The number of halogens is 1. The number of benzene rings is 2. The van der Waals surface area contributed by atoms with Crippen LogP contribution in [0.25, 0.3) is 16.5 Å². The topological polar surface area (TPSA) is 101 Å². The van der Waals surface area contributed by atoms with E-state index in [2.05, 4.69) is 16.3 Å². The van der Waals surface area contributed by atoms with Gasteiger partial charge in [-0.05, 0) is 78.9 Å². The van der Waals surface area contributed by atoms with Crippen molar-refractivity contribution < 1.29 is 13.2 Å². The molecule has 180 valence electrons. The number of nitrogens with zero attached hydrogens (tertiary/aromatic N) is 2. The summed E-state index contributed by atoms with van der Waals surface area (Å²) in [5.41, 5.74) is 1.97. The normalized spacial score (nSPS) is 13.8. The van der Waals surface area contributed by atoms with Gasteiger partial charge in [-0.15, -0.1) is 11.3 Å². The van der Waals surface area contributed by atoms with Crippen LogP contribution in [0.4, 0.5) is 16.2 Å². The van der Waals surface area contributed by atoms with Crippen molar-refractivity contribution in [1.29, 1.82) is 0 Å². The number of amides is 2. The highest BCUT2D eigenvalue weighted by molar-refractivity contribution is 7.92. The van der Waals surface area contributed by atoms with E-state index in [0.29, 0.717) is 21.1 Å². The number of hydrogen-bond donors (Lipinski definition) is 2. The fraction of sp³-hybridized carbons (Fsp3) is 0.167. The summed E-state index contributed by atoms with van der Waals surface area (Å²) in [5.74, 6) is 0. The minimum atomic E-state index is -4.02. The van der Waals surface area contributed by atoms with Gasteiger partial charge in [0.1, 0.15) is 4.21 Å². The number of nitrogens with one attached hydrogen (secondary N) is 2. The van der Waals surface area contributed by atoms with Gasteiger partial charge in [0, 0.05) is 41.7 Å². The standard InChI is InChI=1S/C24H21ClN4O4S2/c25-21-9-10-22(34-21)35(32,33)27-24(31)26-17-3-5-18(6-4-17)29-14-11-16-15-19(28-12-1-2-13-28)7-8-20(16)23(29)30/h3-11,14-15H,1-2,12-13H2,(H2,26,27,31). The molecule has 0 radical (unpaired) electrons. The number of rotatable bonds is 5. The van der Waals surface area contributed by atoms with Gasteiger partial charge in [-0.1, -0.05) is 11.6 Å². The van der Waals surface area contributed by atoms with Gasteiger partial charge in [0.05, 0.1) is 4.34 Å². The second kappa shape index (κ2) is 9.37. The molecule has 2 aromatic heterocycles. The average molecular weight is 529 g/mol. The molecule has 0 spiro atoms. The zero-order valence-corrected chi connectivity index (χ0v) is 20.8. The molecule has 11 heteroatoms. The molecule has 2 N–H and O–H groups in total. The zero-order chi connectivity index (χ0) is 24.6. The molecule has 35 heavy (non-hydrogen) atoms. The molecule has 0 atom stereocenters. The van der Waals surface area contributed by atoms with Crippen LogP contribution < -0.4 is 20.5 Å². The van der Waals surface area contributed by atoms with E-state index in [0.717, 1.165) is 35.5 Å². The lowest BCUT2D eigenvalue weighted by Gasteiger charge is -2.18. The molecule has 1 aliphatic heterocycles. The Balaban J connectivity index is 1.32. The third-order valence-corrected chi connectivity index (χ3v) is 8.86. The lowest BCUT2D eigenvalue weighted by atomic mass is 10.1. The molecule has 2 aromatic carbocycles. The summed E-state index contributed by atoms with van der Waals surface area (Å²) >= 11 is 6.63. The molecule has 1 aliphatic rings. The molecular weight excluding hydrogens is 508 g/mol. The van der Waals surface area contributed by atoms with E-state index in [-0.39, 0.29) is 9.77 Å². The third kappa shape index (κ3) is 4.90. The van der Waals surface area contributed by atoms with E-state index in [9.17, 15) is 18.0 Å². The number of hydrogen-bond acceptors (Lipinski definition) is 6. The van der Waals surface area contributed by atoms with Crippen LogP contribution in [0.5, 0.6) is 0 Å². The second-order valence-corrected chi connectivity index (χ2v) is 11.7. The number of sulfonamides is 1. The summed E-state index contributed by atoms with van der Waals surface area (Å²) in [5, 5.41) is 3.99. The number of thiophene rings is 1. The number of anilines is 2. The lowest BCUT2D eigenvalue weighted by molar-refractivity contribution is 0.256. The van der Waals surface area contributed by atoms with Gasteiger partial charge in [-0.3, -0.25) is 9.36 Å². The maximum absolute atomic E-state index is 13.1. The monoisotopic (exact) mass is 528 g/mol. The molecule has 0 bridgehead atoms. The summed E-state index contributed by atoms with van der Waals surface area (Å²) in [6.45, 7) is 2.07. The summed E-state index contributed by atoms with van der Waals surface area (Å²) in [4.78, 5) is 27.6. The van der Waals surface area contributed by atoms with E-state index in [1.165, 1.54) is 29.5 Å². The molecule has 0 unspecified atom stereocenters. The first-order valence-electron chi connectivity index (χ1n) is 10.9. The highest BCUT2D eigenvalue weighted by atomic mass is 35.5. The summed E-state index contributed by atoms with van der Waals surface area (Å²) in [7, 11) is -4.02. The molecule has 0 aliphatic carbocycles. The van der Waals surface area contributed by atoms with E-state index >= 15 is 0 Å². The summed E-state index contributed by atoms with van der Waals surface area (Å²) < 4.78 is 28.3. The van der Waals surface area contributed by atoms with E-state index in [4.69, 9.17) is 11.6 Å². The van der Waals surface area contributed by atoms with Gasteiger partial charge in [-0.25, -0.2) is 17.9 Å². The number of carbonyl (C=O) groups excluding carboxylic acids is 1. The first-order valence-corrected chi connectivity index (χ1v) is 13.6. The second-order valence-electron chi connectivity index (χ2n) is 8.12. The maximum Gasteiger partial charge on any atom is 0.333 e. The van der Waals surface area contributed by atoms with E-state index < -0.39 is 16.1 Å². The van der Waals surface area contributed by atoms with Crippen molar-refractivity contribution in [2.45, 2.75) is 17.1 Å². The minimum Gasteiger partial charge on any atom is -0.372 e. The molecular formula is C24H21ClN4O4S2. The fourth-order valence-electron chi connectivity index (χ4n) is 4.09. The lowest BCUT2D eigenvalue weighted by Crippen LogP contribution is -2.33. The van der Waals surface area contributed by atoms with Crippen LogP contribution in [0.2, 0.25) is 4.34 Å². The number of urea groups is 1. The van der Waals surface area contributed by atoms with Crippen molar-refractivity contribution in [3.8, 4) is 5.69 Å². The van der Waals surface area contributed by atoms with Crippen molar-refractivity contribution in [3.63, 3.8) is 0 Å². The molecule has 0 saturated carbocycles. The third-order valence-electron chi connectivity index (χ3n) is 5.80. The van der Waals surface area contributed by atoms with Crippen LogP contribution >= 0.6 is 22.9 Å². The maximum atomic E-state index is 13.1. The number of fused-ring (bicyclic) bond motifs is 1. The van der Waals surface area contributed by atoms with E-state index in [1.807, 2.05) is 22.9 Å². The zero-order valence-electron chi connectivity index (χ0n) is 18.4. The Hall–Kier alpha value is -3.34. The number of pyridine rings is 1. The smallest absolute Gasteiger partial charge is 0.333 e.